The Morgan fingerprint density at radius 1 is 1.31 bits per heavy atom. The zero-order valence-electron chi connectivity index (χ0n) is 9.94. The van der Waals surface area contributed by atoms with Gasteiger partial charge in [-0.05, 0) is 32.4 Å². The fraction of sp³-hybridized carbons (Fsp3) is 0.357. The first-order chi connectivity index (χ1) is 7.70. The van der Waals surface area contributed by atoms with Crippen LogP contribution in [0, 0.1) is 0 Å². The van der Waals surface area contributed by atoms with Gasteiger partial charge in [0.15, 0.2) is 0 Å². The average Bonchev–Trinajstić information content (AvgIpc) is 2.25. The molecule has 0 bridgehead atoms. The van der Waals surface area contributed by atoms with Crippen molar-refractivity contribution in [2.24, 2.45) is 0 Å². The molecule has 0 saturated carbocycles. The van der Waals surface area contributed by atoms with Crippen LogP contribution in [0.15, 0.2) is 35.9 Å². The lowest BCUT2D eigenvalue weighted by Gasteiger charge is -1.91. The van der Waals surface area contributed by atoms with E-state index in [2.05, 4.69) is 19.9 Å². The molecule has 0 aliphatic rings. The second-order valence-electron chi connectivity index (χ2n) is 3.97. The molecule has 0 radical (unpaired) electrons. The third-order valence-electron chi connectivity index (χ3n) is 2.17. The second-order valence-corrected chi connectivity index (χ2v) is 3.97. The molecule has 0 saturated heterocycles. The number of aromatic hydroxyl groups is 1. The van der Waals surface area contributed by atoms with Crippen LogP contribution in [0.4, 0.5) is 0 Å². The normalized spacial score (nSPS) is 10.6. The number of hydrogen-bond donors (Lipinski definition) is 1. The predicted octanol–water partition coefficient (Wildman–Crippen LogP) is 3.49. The molecule has 0 spiro atoms. The number of aldehydes is 1. The molecule has 2 nitrogen and oxygen atoms in total. The van der Waals surface area contributed by atoms with E-state index in [-0.39, 0.29) is 5.75 Å². The third-order valence-corrected chi connectivity index (χ3v) is 2.17. The standard InChI is InChI=1S/C14H18O2/c1-12(2)7-5-6-10-16-11-13-8-3-4-9-14(13)15/h3-4,7-9,11H,5-6,10H2,1-2H3/p+1. The molecule has 0 atom stereocenters. The number of phenols is 1. The first kappa shape index (κ1) is 12.5. The summed E-state index contributed by atoms with van der Waals surface area (Å²) in [5.41, 5.74) is 2.06. The van der Waals surface area contributed by atoms with Gasteiger partial charge in [0.25, 0.3) is 6.61 Å². The van der Waals surface area contributed by atoms with Crippen LogP contribution in [0.25, 0.3) is 0 Å². The fourth-order valence-electron chi connectivity index (χ4n) is 1.29. The summed E-state index contributed by atoms with van der Waals surface area (Å²) in [6.07, 6.45) is 5.84. The quantitative estimate of drug-likeness (QED) is 0.349. The Balaban J connectivity index is 2.33. The largest absolute Gasteiger partial charge is 0.507 e. The number of phenolic OH excluding ortho intramolecular Hbond substituents is 1. The molecular weight excluding hydrogens is 200 g/mol. The van der Waals surface area contributed by atoms with Crippen molar-refractivity contribution in [2.75, 3.05) is 6.61 Å². The van der Waals surface area contributed by atoms with Crippen LogP contribution >= 0.6 is 0 Å². The zero-order chi connectivity index (χ0) is 11.8. The van der Waals surface area contributed by atoms with Gasteiger partial charge in [0, 0.05) is 6.42 Å². The highest BCUT2D eigenvalue weighted by Crippen LogP contribution is 2.12. The smallest absolute Gasteiger partial charge is 0.319 e. The van der Waals surface area contributed by atoms with Gasteiger partial charge in [0.05, 0.1) is 0 Å². The second kappa shape index (κ2) is 6.83. The van der Waals surface area contributed by atoms with Crippen LogP contribution in [-0.4, -0.2) is 18.0 Å². The van der Waals surface area contributed by atoms with Gasteiger partial charge < -0.3 is 5.11 Å². The molecule has 0 aliphatic carbocycles. The lowest BCUT2D eigenvalue weighted by Crippen LogP contribution is -1.86. The molecule has 1 aromatic carbocycles. The van der Waals surface area contributed by atoms with E-state index >= 15 is 0 Å². The highest BCUT2D eigenvalue weighted by molar-refractivity contribution is 5.79. The van der Waals surface area contributed by atoms with Crippen molar-refractivity contribution in [2.45, 2.75) is 26.7 Å². The molecule has 0 heterocycles. The minimum Gasteiger partial charge on any atom is -0.507 e. The van der Waals surface area contributed by atoms with Crippen LogP contribution in [0.1, 0.15) is 36.7 Å². The first-order valence-electron chi connectivity index (χ1n) is 5.56. The molecular formula is C14H19O2+. The summed E-state index contributed by atoms with van der Waals surface area (Å²) >= 11 is 0. The molecule has 86 valence electrons. The molecule has 0 fully saturated rings. The van der Waals surface area contributed by atoms with Crippen molar-refractivity contribution in [3.8, 4) is 5.75 Å². The van der Waals surface area contributed by atoms with E-state index in [1.165, 1.54) is 5.57 Å². The van der Waals surface area contributed by atoms with E-state index < -0.39 is 0 Å². The number of carbonyl (C=O) groups excluding carboxylic acids is 1. The van der Waals surface area contributed by atoms with Gasteiger partial charge >= 0.3 is 6.29 Å². The van der Waals surface area contributed by atoms with Crippen molar-refractivity contribution >= 4 is 6.29 Å². The van der Waals surface area contributed by atoms with Gasteiger partial charge in [-0.25, -0.2) is 0 Å². The first-order valence-corrected chi connectivity index (χ1v) is 5.56. The minimum absolute atomic E-state index is 0.256. The lowest BCUT2D eigenvalue weighted by atomic mass is 10.2. The summed E-state index contributed by atoms with van der Waals surface area (Å²) in [4.78, 5) is 0. The summed E-state index contributed by atoms with van der Waals surface area (Å²) in [7, 11) is 0. The number of unbranched alkanes of at least 4 members (excludes halogenated alkanes) is 1. The molecule has 1 rings (SSSR count). The van der Waals surface area contributed by atoms with E-state index in [4.69, 9.17) is 4.42 Å². The van der Waals surface area contributed by atoms with Gasteiger partial charge in [0.1, 0.15) is 11.3 Å². The van der Waals surface area contributed by atoms with Crippen LogP contribution in [0.3, 0.4) is 0 Å². The maximum absolute atomic E-state index is 9.47. The molecule has 0 amide bonds. The number of rotatable bonds is 5. The number of allylic oxidation sites excluding steroid dienone is 2. The van der Waals surface area contributed by atoms with Gasteiger partial charge in [-0.15, -0.1) is 0 Å². The van der Waals surface area contributed by atoms with E-state index in [9.17, 15) is 5.11 Å². The molecule has 0 aromatic heterocycles. The van der Waals surface area contributed by atoms with Gasteiger partial charge in [-0.2, -0.15) is 0 Å². The van der Waals surface area contributed by atoms with E-state index in [0.717, 1.165) is 18.4 Å². The van der Waals surface area contributed by atoms with Crippen molar-refractivity contribution in [1.82, 2.24) is 0 Å². The van der Waals surface area contributed by atoms with Gasteiger partial charge in [0.2, 0.25) is 0 Å². The molecule has 2 heteroatoms. The molecule has 16 heavy (non-hydrogen) atoms. The Morgan fingerprint density at radius 3 is 2.75 bits per heavy atom. The molecule has 0 unspecified atom stereocenters. The third kappa shape index (κ3) is 4.78. The fourth-order valence-corrected chi connectivity index (χ4v) is 1.29. The number of hydrogen-bond acceptors (Lipinski definition) is 1. The SMILES string of the molecule is CC(C)=CCCC[O+]=Cc1ccccc1O. The molecule has 1 aromatic rings. The maximum atomic E-state index is 9.47. The van der Waals surface area contributed by atoms with Crippen LogP contribution in [-0.2, 0) is 0 Å². The lowest BCUT2D eigenvalue weighted by molar-refractivity contribution is -0.264. The Morgan fingerprint density at radius 2 is 2.06 bits per heavy atom. The minimum atomic E-state index is 0.256. The zero-order valence-corrected chi connectivity index (χ0v) is 9.94. The highest BCUT2D eigenvalue weighted by Gasteiger charge is 2.01. The van der Waals surface area contributed by atoms with Gasteiger partial charge in [-0.1, -0.05) is 23.8 Å². The highest BCUT2D eigenvalue weighted by atomic mass is 16.4. The van der Waals surface area contributed by atoms with E-state index in [1.807, 2.05) is 12.1 Å². The summed E-state index contributed by atoms with van der Waals surface area (Å²) in [6.45, 7) is 4.86. The summed E-state index contributed by atoms with van der Waals surface area (Å²) < 4.78 is 5.37. The van der Waals surface area contributed by atoms with Crippen LogP contribution < -0.4 is 0 Å². The average molecular weight is 219 g/mol. The van der Waals surface area contributed by atoms with Crippen LogP contribution in [0.2, 0.25) is 0 Å². The van der Waals surface area contributed by atoms with Crippen molar-refractivity contribution in [1.29, 1.82) is 0 Å². The number of para-hydroxylation sites is 1. The number of benzene rings is 1. The summed E-state index contributed by atoms with van der Waals surface area (Å²) in [5.74, 6) is 0.256. The topological polar surface area (TPSA) is 31.5 Å². The van der Waals surface area contributed by atoms with Crippen molar-refractivity contribution < 1.29 is 9.53 Å². The Bertz CT molecular complexity index is 374. The summed E-state index contributed by atoms with van der Waals surface area (Å²) in [6, 6.07) is 7.14. The predicted molar refractivity (Wildman–Crippen MR) is 67.0 cm³/mol. The maximum Gasteiger partial charge on any atom is 0.319 e. The summed E-state index contributed by atoms with van der Waals surface area (Å²) in [5, 5.41) is 9.47. The molecule has 1 N–H and O–H groups in total. The Labute approximate surface area is 96.9 Å². The molecule has 0 aliphatic heterocycles. The van der Waals surface area contributed by atoms with Crippen molar-refractivity contribution in [3.63, 3.8) is 0 Å². The van der Waals surface area contributed by atoms with E-state index in [0.29, 0.717) is 6.61 Å². The van der Waals surface area contributed by atoms with Crippen LogP contribution in [0.5, 0.6) is 5.75 Å². The Hall–Kier alpha value is -1.57. The monoisotopic (exact) mass is 219 g/mol. The Kier molecular flexibility index (Phi) is 5.34. The van der Waals surface area contributed by atoms with Crippen molar-refractivity contribution in [3.05, 3.63) is 41.5 Å². The van der Waals surface area contributed by atoms with E-state index in [1.54, 1.807) is 18.4 Å². The van der Waals surface area contributed by atoms with Gasteiger partial charge in [-0.3, -0.25) is 4.42 Å².